The van der Waals surface area contributed by atoms with E-state index >= 15 is 0 Å². The van der Waals surface area contributed by atoms with Gasteiger partial charge in [0, 0.05) is 15.8 Å². The van der Waals surface area contributed by atoms with Crippen LogP contribution in [0.25, 0.3) is 21.6 Å². The molecule has 0 aliphatic heterocycles. The molecule has 0 saturated heterocycles. The van der Waals surface area contributed by atoms with Gasteiger partial charge in [0.05, 0.1) is 0 Å². The van der Waals surface area contributed by atoms with Gasteiger partial charge in [0.15, 0.2) is 5.82 Å². The molecule has 0 spiro atoms. The zero-order valence-electron chi connectivity index (χ0n) is 10.8. The smallest absolute Gasteiger partial charge is 0.162 e. The van der Waals surface area contributed by atoms with Gasteiger partial charge in [-0.1, -0.05) is 48.4 Å². The van der Waals surface area contributed by atoms with Gasteiger partial charge in [-0.3, -0.25) is 0 Å². The van der Waals surface area contributed by atoms with Crippen LogP contribution in [0.15, 0.2) is 30.3 Å². The second kappa shape index (κ2) is 4.91. The third-order valence-corrected chi connectivity index (χ3v) is 4.52. The van der Waals surface area contributed by atoms with Gasteiger partial charge in [-0.15, -0.1) is 11.3 Å². The molecule has 0 bridgehead atoms. The van der Waals surface area contributed by atoms with E-state index in [0.717, 1.165) is 22.2 Å². The minimum Gasteiger partial charge on any atom is -0.217 e. The molecule has 2 nitrogen and oxygen atoms in total. The third kappa shape index (κ3) is 2.36. The van der Waals surface area contributed by atoms with Crippen molar-refractivity contribution in [2.24, 2.45) is 0 Å². The lowest BCUT2D eigenvalue weighted by atomic mass is 10.1. The Kier molecular flexibility index (Phi) is 3.25. The van der Waals surface area contributed by atoms with Crippen LogP contribution in [0.2, 0.25) is 5.15 Å². The summed E-state index contributed by atoms with van der Waals surface area (Å²) in [6, 6.07) is 10.3. The molecule has 0 radical (unpaired) electrons. The lowest BCUT2D eigenvalue weighted by Crippen LogP contribution is -1.89. The maximum Gasteiger partial charge on any atom is 0.162 e. The van der Waals surface area contributed by atoms with E-state index in [1.165, 1.54) is 10.4 Å². The van der Waals surface area contributed by atoms with E-state index in [0.29, 0.717) is 11.0 Å². The molecule has 0 fully saturated rings. The van der Waals surface area contributed by atoms with E-state index < -0.39 is 0 Å². The monoisotopic (exact) mass is 288 g/mol. The number of nitrogens with zero attached hydrogens (tertiary/aromatic N) is 2. The molecule has 96 valence electrons. The number of aryl methyl sites for hydroxylation is 2. The van der Waals surface area contributed by atoms with Crippen molar-refractivity contribution in [3.63, 3.8) is 0 Å². The van der Waals surface area contributed by atoms with Crippen LogP contribution in [-0.4, -0.2) is 9.97 Å². The number of fused-ring (bicyclic) bond motifs is 1. The number of rotatable bonds is 2. The minimum absolute atomic E-state index is 0.538. The molecule has 0 atom stereocenters. The van der Waals surface area contributed by atoms with Crippen molar-refractivity contribution in [2.45, 2.75) is 20.3 Å². The van der Waals surface area contributed by atoms with Crippen molar-refractivity contribution in [3.05, 3.63) is 45.9 Å². The molecule has 0 aliphatic rings. The first-order chi connectivity index (χ1) is 9.17. The van der Waals surface area contributed by atoms with Gasteiger partial charge in [-0.05, 0) is 19.4 Å². The van der Waals surface area contributed by atoms with Crippen LogP contribution in [0.5, 0.6) is 0 Å². The Bertz CT molecular complexity index is 732. The first-order valence-electron chi connectivity index (χ1n) is 6.20. The highest BCUT2D eigenvalue weighted by molar-refractivity contribution is 7.18. The van der Waals surface area contributed by atoms with E-state index in [4.69, 9.17) is 11.6 Å². The van der Waals surface area contributed by atoms with Crippen molar-refractivity contribution in [3.8, 4) is 11.4 Å². The topological polar surface area (TPSA) is 25.8 Å². The Morgan fingerprint density at radius 1 is 1.16 bits per heavy atom. The molecule has 3 rings (SSSR count). The number of aromatic nitrogens is 2. The number of halogens is 1. The summed E-state index contributed by atoms with van der Waals surface area (Å²) in [5, 5.41) is 1.50. The Labute approximate surface area is 121 Å². The lowest BCUT2D eigenvalue weighted by molar-refractivity contribution is 1.19. The largest absolute Gasteiger partial charge is 0.217 e. The average molecular weight is 289 g/mol. The maximum absolute atomic E-state index is 6.27. The van der Waals surface area contributed by atoms with E-state index in [-0.39, 0.29) is 0 Å². The van der Waals surface area contributed by atoms with Gasteiger partial charge >= 0.3 is 0 Å². The molecule has 2 heterocycles. The molecule has 0 N–H and O–H groups in total. The van der Waals surface area contributed by atoms with Crippen LogP contribution in [0.1, 0.15) is 17.4 Å². The standard InChI is InChI=1S/C15H13ClN2S/c1-3-11-8-12-13(16)17-14(18-15(12)19-11)10-6-4-9(2)5-7-10/h4-8H,3H2,1-2H3. The van der Waals surface area contributed by atoms with Crippen LogP contribution in [-0.2, 0) is 6.42 Å². The summed E-state index contributed by atoms with van der Waals surface area (Å²) in [4.78, 5) is 11.3. The van der Waals surface area contributed by atoms with Crippen molar-refractivity contribution < 1.29 is 0 Å². The molecule has 0 amide bonds. The molecule has 3 aromatic rings. The third-order valence-electron chi connectivity index (χ3n) is 3.06. The van der Waals surface area contributed by atoms with Crippen LogP contribution in [0.4, 0.5) is 0 Å². The molecule has 0 unspecified atom stereocenters. The van der Waals surface area contributed by atoms with Crippen molar-refractivity contribution in [1.29, 1.82) is 0 Å². The maximum atomic E-state index is 6.27. The van der Waals surface area contributed by atoms with Crippen molar-refractivity contribution >= 4 is 33.2 Å². The predicted octanol–water partition coefficient (Wildman–Crippen LogP) is 4.88. The number of thiophene rings is 1. The van der Waals surface area contributed by atoms with Gasteiger partial charge in [0.1, 0.15) is 9.98 Å². The summed E-state index contributed by atoms with van der Waals surface area (Å²) in [5.74, 6) is 0.696. The first kappa shape index (κ1) is 12.6. The molecular weight excluding hydrogens is 276 g/mol. The molecule has 4 heteroatoms. The summed E-state index contributed by atoms with van der Waals surface area (Å²) < 4.78 is 0. The van der Waals surface area contributed by atoms with Crippen LogP contribution in [0, 0.1) is 6.92 Å². The Morgan fingerprint density at radius 2 is 1.89 bits per heavy atom. The molecule has 1 aromatic carbocycles. The van der Waals surface area contributed by atoms with Crippen molar-refractivity contribution in [2.75, 3.05) is 0 Å². The van der Waals surface area contributed by atoms with Crippen LogP contribution >= 0.6 is 22.9 Å². The highest BCUT2D eigenvalue weighted by atomic mass is 35.5. The fourth-order valence-electron chi connectivity index (χ4n) is 1.94. The highest BCUT2D eigenvalue weighted by Gasteiger charge is 2.10. The first-order valence-corrected chi connectivity index (χ1v) is 7.40. The number of hydrogen-bond acceptors (Lipinski definition) is 3. The van der Waals surface area contributed by atoms with Gasteiger partial charge in [0.2, 0.25) is 0 Å². The highest BCUT2D eigenvalue weighted by Crippen LogP contribution is 2.31. The van der Waals surface area contributed by atoms with Crippen LogP contribution in [0.3, 0.4) is 0 Å². The fraction of sp³-hybridized carbons (Fsp3) is 0.200. The summed E-state index contributed by atoms with van der Waals surface area (Å²) >= 11 is 7.96. The van der Waals surface area contributed by atoms with E-state index in [1.54, 1.807) is 11.3 Å². The average Bonchev–Trinajstić information content (AvgIpc) is 2.83. The summed E-state index contributed by atoms with van der Waals surface area (Å²) in [7, 11) is 0. The number of hydrogen-bond donors (Lipinski definition) is 0. The van der Waals surface area contributed by atoms with Gasteiger partial charge in [-0.25, -0.2) is 9.97 Å². The van der Waals surface area contributed by atoms with E-state index in [9.17, 15) is 0 Å². The van der Waals surface area contributed by atoms with Crippen molar-refractivity contribution in [1.82, 2.24) is 9.97 Å². The molecule has 2 aromatic heterocycles. The second-order valence-electron chi connectivity index (χ2n) is 4.49. The van der Waals surface area contributed by atoms with Crippen LogP contribution < -0.4 is 0 Å². The quantitative estimate of drug-likeness (QED) is 0.628. The van der Waals surface area contributed by atoms with Gasteiger partial charge < -0.3 is 0 Å². The van der Waals surface area contributed by atoms with E-state index in [1.807, 2.05) is 12.1 Å². The second-order valence-corrected chi connectivity index (χ2v) is 5.96. The van der Waals surface area contributed by atoms with Gasteiger partial charge in [-0.2, -0.15) is 0 Å². The minimum atomic E-state index is 0.538. The summed E-state index contributed by atoms with van der Waals surface area (Å²) in [6.07, 6.45) is 0.997. The summed E-state index contributed by atoms with van der Waals surface area (Å²) in [5.41, 5.74) is 2.22. The molecule has 19 heavy (non-hydrogen) atoms. The normalized spacial score (nSPS) is 11.1. The van der Waals surface area contributed by atoms with Gasteiger partial charge in [0.25, 0.3) is 0 Å². The molecular formula is C15H13ClN2S. The SMILES string of the molecule is CCc1cc2c(Cl)nc(-c3ccc(C)cc3)nc2s1. The van der Waals surface area contributed by atoms with E-state index in [2.05, 4.69) is 42.0 Å². The lowest BCUT2D eigenvalue weighted by Gasteiger charge is -2.02. The molecule has 0 saturated carbocycles. The Hall–Kier alpha value is -1.45. The fourth-order valence-corrected chi connectivity index (χ4v) is 3.19. The summed E-state index contributed by atoms with van der Waals surface area (Å²) in [6.45, 7) is 4.19. The Balaban J connectivity index is 2.17. The predicted molar refractivity (Wildman–Crippen MR) is 82.0 cm³/mol. The zero-order chi connectivity index (χ0) is 13.4. The molecule has 0 aliphatic carbocycles. The zero-order valence-corrected chi connectivity index (χ0v) is 12.3. The Morgan fingerprint density at radius 3 is 2.58 bits per heavy atom. The number of benzene rings is 1.